The second kappa shape index (κ2) is 5.87. The Balaban J connectivity index is 2.00. The third-order valence-electron chi connectivity index (χ3n) is 4.23. The van der Waals surface area contributed by atoms with E-state index in [4.69, 9.17) is 11.6 Å². The molecule has 0 aliphatic heterocycles. The summed E-state index contributed by atoms with van der Waals surface area (Å²) in [6, 6.07) is 0.543. The lowest BCUT2D eigenvalue weighted by Gasteiger charge is -2.29. The van der Waals surface area contributed by atoms with Gasteiger partial charge in [-0.15, -0.1) is 10.2 Å². The summed E-state index contributed by atoms with van der Waals surface area (Å²) >= 11 is 5.97. The molecule has 0 saturated heterocycles. The molecule has 3 nitrogen and oxygen atoms in total. The summed E-state index contributed by atoms with van der Waals surface area (Å²) in [6.45, 7) is 6.33. The van der Waals surface area contributed by atoms with Crippen LogP contribution >= 0.6 is 11.6 Å². The number of hydrogen-bond acceptors (Lipinski definition) is 3. The van der Waals surface area contributed by atoms with Crippen LogP contribution in [0.25, 0.3) is 0 Å². The normalized spacial score (nSPS) is 24.0. The molecule has 1 heterocycles. The molecular weight excluding hydrogens is 246 g/mol. The highest BCUT2D eigenvalue weighted by molar-refractivity contribution is 6.30. The summed E-state index contributed by atoms with van der Waals surface area (Å²) in [7, 11) is 0. The number of hydrogen-bond donors (Lipinski definition) is 1. The van der Waals surface area contributed by atoms with Crippen molar-refractivity contribution in [2.75, 3.05) is 5.32 Å². The molecule has 1 aromatic heterocycles. The molecule has 100 valence electrons. The Kier molecular flexibility index (Phi) is 4.44. The van der Waals surface area contributed by atoms with Crippen molar-refractivity contribution in [1.29, 1.82) is 0 Å². The maximum Gasteiger partial charge on any atom is 0.155 e. The highest BCUT2D eigenvalue weighted by Crippen LogP contribution is 2.29. The van der Waals surface area contributed by atoms with E-state index in [1.54, 1.807) is 0 Å². The molecule has 0 atom stereocenters. The SMILES string of the molecule is CCC1CCC(Nc2nnc(Cl)c(C)c2C)CC1. The van der Waals surface area contributed by atoms with E-state index in [0.717, 1.165) is 22.9 Å². The van der Waals surface area contributed by atoms with Crippen LogP contribution in [-0.4, -0.2) is 16.2 Å². The first-order valence-electron chi connectivity index (χ1n) is 6.87. The number of halogens is 1. The molecule has 1 saturated carbocycles. The lowest BCUT2D eigenvalue weighted by Crippen LogP contribution is -2.27. The Morgan fingerprint density at radius 2 is 1.78 bits per heavy atom. The van der Waals surface area contributed by atoms with Gasteiger partial charge in [0.1, 0.15) is 0 Å². The zero-order valence-electron chi connectivity index (χ0n) is 11.5. The lowest BCUT2D eigenvalue weighted by molar-refractivity contribution is 0.329. The summed E-state index contributed by atoms with van der Waals surface area (Å²) < 4.78 is 0. The van der Waals surface area contributed by atoms with Gasteiger partial charge >= 0.3 is 0 Å². The van der Waals surface area contributed by atoms with Gasteiger partial charge < -0.3 is 5.32 Å². The van der Waals surface area contributed by atoms with Gasteiger partial charge in [-0.1, -0.05) is 24.9 Å². The highest BCUT2D eigenvalue weighted by Gasteiger charge is 2.21. The predicted octanol–water partition coefficient (Wildman–Crippen LogP) is 4.13. The first kappa shape index (κ1) is 13.6. The topological polar surface area (TPSA) is 37.8 Å². The van der Waals surface area contributed by atoms with Gasteiger partial charge in [-0.3, -0.25) is 0 Å². The molecule has 1 aliphatic rings. The quantitative estimate of drug-likeness (QED) is 0.895. The van der Waals surface area contributed by atoms with Crippen LogP contribution in [0.2, 0.25) is 5.15 Å². The number of aromatic nitrogens is 2. The summed E-state index contributed by atoms with van der Waals surface area (Å²) in [6.07, 6.45) is 6.44. The Morgan fingerprint density at radius 3 is 2.39 bits per heavy atom. The Morgan fingerprint density at radius 1 is 1.11 bits per heavy atom. The van der Waals surface area contributed by atoms with E-state index in [9.17, 15) is 0 Å². The van der Waals surface area contributed by atoms with Crippen molar-refractivity contribution in [2.24, 2.45) is 5.92 Å². The molecule has 1 aromatic rings. The van der Waals surface area contributed by atoms with Gasteiger partial charge in [0.15, 0.2) is 11.0 Å². The van der Waals surface area contributed by atoms with Crippen molar-refractivity contribution in [3.05, 3.63) is 16.3 Å². The summed E-state index contributed by atoms with van der Waals surface area (Å²) in [5.41, 5.74) is 2.14. The van der Waals surface area contributed by atoms with E-state index >= 15 is 0 Å². The first-order chi connectivity index (χ1) is 8.61. The van der Waals surface area contributed by atoms with Crippen molar-refractivity contribution < 1.29 is 0 Å². The Bertz CT molecular complexity index is 412. The van der Waals surface area contributed by atoms with Gasteiger partial charge in [0, 0.05) is 6.04 Å². The van der Waals surface area contributed by atoms with E-state index in [1.807, 2.05) is 6.92 Å². The first-order valence-corrected chi connectivity index (χ1v) is 7.25. The fourth-order valence-electron chi connectivity index (χ4n) is 2.62. The number of nitrogens with one attached hydrogen (secondary N) is 1. The van der Waals surface area contributed by atoms with Gasteiger partial charge in [0.25, 0.3) is 0 Å². The molecule has 1 fully saturated rings. The molecule has 0 spiro atoms. The largest absolute Gasteiger partial charge is 0.366 e. The standard InChI is InChI=1S/C14H22ClN3/c1-4-11-5-7-12(8-6-11)16-14-10(3)9(2)13(15)17-18-14/h11-12H,4-8H2,1-3H3,(H,16,18). The van der Waals surface area contributed by atoms with Crippen LogP contribution in [-0.2, 0) is 0 Å². The van der Waals surface area contributed by atoms with Gasteiger partial charge in [-0.2, -0.15) is 0 Å². The van der Waals surface area contributed by atoms with E-state index in [-0.39, 0.29) is 0 Å². The summed E-state index contributed by atoms with van der Waals surface area (Å²) in [4.78, 5) is 0. The highest BCUT2D eigenvalue weighted by atomic mass is 35.5. The lowest BCUT2D eigenvalue weighted by atomic mass is 9.84. The molecular formula is C14H22ClN3. The monoisotopic (exact) mass is 267 g/mol. The van der Waals surface area contributed by atoms with E-state index in [1.165, 1.54) is 32.1 Å². The molecule has 0 unspecified atom stereocenters. The van der Waals surface area contributed by atoms with Crippen LogP contribution in [0.3, 0.4) is 0 Å². The second-order valence-corrected chi connectivity index (χ2v) is 5.72. The average molecular weight is 268 g/mol. The van der Waals surface area contributed by atoms with Gasteiger partial charge in [-0.05, 0) is 56.6 Å². The molecule has 1 aliphatic carbocycles. The summed E-state index contributed by atoms with van der Waals surface area (Å²) in [5.74, 6) is 1.82. The van der Waals surface area contributed by atoms with Crippen molar-refractivity contribution in [1.82, 2.24) is 10.2 Å². The predicted molar refractivity (Wildman–Crippen MR) is 76.2 cm³/mol. The zero-order chi connectivity index (χ0) is 13.1. The van der Waals surface area contributed by atoms with Gasteiger partial charge in [0.05, 0.1) is 0 Å². The minimum atomic E-state index is 0.507. The number of anilines is 1. The fourth-order valence-corrected chi connectivity index (χ4v) is 2.80. The van der Waals surface area contributed by atoms with Crippen LogP contribution in [0, 0.1) is 19.8 Å². The fraction of sp³-hybridized carbons (Fsp3) is 0.714. The molecule has 4 heteroatoms. The smallest absolute Gasteiger partial charge is 0.155 e. The molecule has 0 radical (unpaired) electrons. The number of nitrogens with zero attached hydrogens (tertiary/aromatic N) is 2. The van der Waals surface area contributed by atoms with Crippen LogP contribution in [0.5, 0.6) is 0 Å². The van der Waals surface area contributed by atoms with Crippen LogP contribution in [0.15, 0.2) is 0 Å². The molecule has 2 rings (SSSR count). The number of rotatable bonds is 3. The average Bonchev–Trinajstić information content (AvgIpc) is 2.40. The van der Waals surface area contributed by atoms with E-state index in [0.29, 0.717) is 11.2 Å². The van der Waals surface area contributed by atoms with Gasteiger partial charge in [0.2, 0.25) is 0 Å². The molecule has 0 aromatic carbocycles. The maximum absolute atomic E-state index is 5.97. The van der Waals surface area contributed by atoms with Crippen molar-refractivity contribution in [2.45, 2.75) is 58.9 Å². The molecule has 18 heavy (non-hydrogen) atoms. The molecule has 0 bridgehead atoms. The maximum atomic E-state index is 5.97. The Hall–Kier alpha value is -0.830. The molecule has 0 amide bonds. The van der Waals surface area contributed by atoms with Crippen molar-refractivity contribution in [3.63, 3.8) is 0 Å². The molecule has 1 N–H and O–H groups in total. The minimum absolute atomic E-state index is 0.507. The van der Waals surface area contributed by atoms with Crippen molar-refractivity contribution >= 4 is 17.4 Å². The van der Waals surface area contributed by atoms with Crippen LogP contribution in [0.1, 0.15) is 50.2 Å². The minimum Gasteiger partial charge on any atom is -0.366 e. The van der Waals surface area contributed by atoms with Crippen molar-refractivity contribution in [3.8, 4) is 0 Å². The van der Waals surface area contributed by atoms with Crippen LogP contribution < -0.4 is 5.32 Å². The third-order valence-corrected chi connectivity index (χ3v) is 4.59. The summed E-state index contributed by atoms with van der Waals surface area (Å²) in [5, 5.41) is 12.2. The Labute approximate surface area is 114 Å². The van der Waals surface area contributed by atoms with E-state index in [2.05, 4.69) is 29.4 Å². The second-order valence-electron chi connectivity index (χ2n) is 5.36. The zero-order valence-corrected chi connectivity index (χ0v) is 12.2. The van der Waals surface area contributed by atoms with E-state index < -0.39 is 0 Å². The third kappa shape index (κ3) is 2.94. The van der Waals surface area contributed by atoms with Gasteiger partial charge in [-0.25, -0.2) is 0 Å². The van der Waals surface area contributed by atoms with Crippen LogP contribution in [0.4, 0.5) is 5.82 Å².